The molecule has 148 valence electrons. The Morgan fingerprint density at radius 1 is 0.867 bits per heavy atom. The Bertz CT molecular complexity index is 1050. The van der Waals surface area contributed by atoms with Crippen molar-refractivity contribution in [3.8, 4) is 0 Å². The minimum Gasteiger partial charge on any atom is -0.375 e. The van der Waals surface area contributed by atoms with Crippen LogP contribution in [0.25, 0.3) is 0 Å². The smallest absolute Gasteiger partial charge is 0.212 e. The molecule has 0 saturated carbocycles. The molecular formula is C24H19N3O2S. The van der Waals surface area contributed by atoms with Crippen molar-refractivity contribution in [3.63, 3.8) is 0 Å². The molecule has 0 amide bonds. The molecule has 30 heavy (non-hydrogen) atoms. The number of carbonyl (C=O) groups excluding carboxylic acids is 1. The monoisotopic (exact) mass is 413 g/mol. The van der Waals surface area contributed by atoms with Gasteiger partial charge < -0.3 is 10.6 Å². The molecule has 0 aliphatic rings. The summed E-state index contributed by atoms with van der Waals surface area (Å²) in [5, 5.41) is 6.31. The molecule has 2 N–H and O–H groups in total. The first kappa shape index (κ1) is 19.5. The van der Waals surface area contributed by atoms with Crippen molar-refractivity contribution >= 4 is 28.5 Å². The highest BCUT2D eigenvalue weighted by Gasteiger charge is 2.39. The first-order chi connectivity index (χ1) is 14.7. The van der Waals surface area contributed by atoms with E-state index in [4.69, 9.17) is 10.6 Å². The molecule has 0 fully saturated rings. The Morgan fingerprint density at radius 3 is 1.70 bits per heavy atom. The molecule has 5 nitrogen and oxygen atoms in total. The molecule has 0 saturated heterocycles. The van der Waals surface area contributed by atoms with Gasteiger partial charge in [0.2, 0.25) is 5.60 Å². The summed E-state index contributed by atoms with van der Waals surface area (Å²) in [7, 11) is 0. The second kappa shape index (κ2) is 8.71. The van der Waals surface area contributed by atoms with E-state index in [2.05, 4.69) is 10.1 Å². The summed E-state index contributed by atoms with van der Waals surface area (Å²) in [5.74, 6) is 0. The molecule has 0 aliphatic heterocycles. The standard InChI is InChI=1S/C24H19N3O2S/c25-23-26-22(17-30-23)21(16-28)27-29-24(18-10-4-1-5-11-18,19-12-6-2-7-13-19)20-14-8-3-9-15-20/h1-17H,(H2,25,26)/b27-21+. The zero-order valence-corrected chi connectivity index (χ0v) is 16.8. The maximum Gasteiger partial charge on any atom is 0.212 e. The lowest BCUT2D eigenvalue weighted by Crippen LogP contribution is -2.31. The predicted octanol–water partition coefficient (Wildman–Crippen LogP) is 4.64. The summed E-state index contributed by atoms with van der Waals surface area (Å²) < 4.78 is 0. The van der Waals surface area contributed by atoms with Crippen LogP contribution < -0.4 is 5.73 Å². The van der Waals surface area contributed by atoms with Gasteiger partial charge in [0.05, 0.1) is 0 Å². The third-order valence-electron chi connectivity index (χ3n) is 4.72. The molecule has 0 aliphatic carbocycles. The molecular weight excluding hydrogens is 394 g/mol. The Kier molecular flexibility index (Phi) is 5.68. The molecule has 3 aromatic carbocycles. The summed E-state index contributed by atoms with van der Waals surface area (Å²) in [6.45, 7) is 0. The number of hydrogen-bond donors (Lipinski definition) is 1. The summed E-state index contributed by atoms with van der Waals surface area (Å²) in [5.41, 5.74) is 7.78. The number of oxime groups is 1. The van der Waals surface area contributed by atoms with Crippen LogP contribution in [0.4, 0.5) is 5.13 Å². The van der Waals surface area contributed by atoms with E-state index in [0.717, 1.165) is 16.7 Å². The third-order valence-corrected chi connectivity index (χ3v) is 5.39. The van der Waals surface area contributed by atoms with E-state index in [9.17, 15) is 4.79 Å². The van der Waals surface area contributed by atoms with E-state index >= 15 is 0 Å². The van der Waals surface area contributed by atoms with Gasteiger partial charge in [0.25, 0.3) is 0 Å². The third kappa shape index (κ3) is 3.73. The van der Waals surface area contributed by atoms with Crippen molar-refractivity contribution < 1.29 is 9.63 Å². The van der Waals surface area contributed by atoms with Gasteiger partial charge in [-0.1, -0.05) is 96.2 Å². The second-order valence-corrected chi connectivity index (χ2v) is 7.43. The molecule has 0 radical (unpaired) electrons. The Balaban J connectivity index is 1.93. The summed E-state index contributed by atoms with van der Waals surface area (Å²) in [4.78, 5) is 22.2. The summed E-state index contributed by atoms with van der Waals surface area (Å²) in [6.07, 6.45) is 0.625. The fraction of sp³-hybridized carbons (Fsp3) is 0.0417. The van der Waals surface area contributed by atoms with Crippen LogP contribution in [0.1, 0.15) is 22.4 Å². The maximum atomic E-state index is 11.8. The molecule has 0 atom stereocenters. The first-order valence-corrected chi connectivity index (χ1v) is 10.2. The van der Waals surface area contributed by atoms with E-state index in [1.807, 2.05) is 91.0 Å². The number of nitrogen functional groups attached to an aromatic ring is 1. The van der Waals surface area contributed by atoms with Gasteiger partial charge in [0, 0.05) is 22.1 Å². The second-order valence-electron chi connectivity index (χ2n) is 6.54. The SMILES string of the molecule is Nc1nc(/C(C=O)=N/OC(c2ccccc2)(c2ccccc2)c2ccccc2)cs1. The van der Waals surface area contributed by atoms with Crippen molar-refractivity contribution in [2.75, 3.05) is 5.73 Å². The average Bonchev–Trinajstić information content (AvgIpc) is 3.25. The van der Waals surface area contributed by atoms with E-state index in [1.165, 1.54) is 11.3 Å². The Labute approximate surface area is 178 Å². The van der Waals surface area contributed by atoms with Crippen LogP contribution in [0, 0.1) is 0 Å². The molecule has 0 bridgehead atoms. The number of carbonyl (C=O) groups is 1. The maximum absolute atomic E-state index is 11.8. The van der Waals surface area contributed by atoms with Gasteiger partial charge in [-0.25, -0.2) is 4.98 Å². The average molecular weight is 414 g/mol. The highest BCUT2D eigenvalue weighted by molar-refractivity contribution is 7.13. The minimum absolute atomic E-state index is 0.0788. The Morgan fingerprint density at radius 2 is 1.33 bits per heavy atom. The van der Waals surface area contributed by atoms with Gasteiger partial charge in [-0.2, -0.15) is 0 Å². The van der Waals surface area contributed by atoms with Gasteiger partial charge in [0.15, 0.2) is 17.1 Å². The van der Waals surface area contributed by atoms with Crippen LogP contribution in [0.2, 0.25) is 0 Å². The number of rotatable bonds is 7. The number of anilines is 1. The summed E-state index contributed by atoms with van der Waals surface area (Å²) >= 11 is 1.24. The van der Waals surface area contributed by atoms with Crippen molar-refractivity contribution in [3.05, 3.63) is 119 Å². The van der Waals surface area contributed by atoms with E-state index in [-0.39, 0.29) is 5.71 Å². The highest BCUT2D eigenvalue weighted by atomic mass is 32.1. The largest absolute Gasteiger partial charge is 0.375 e. The van der Waals surface area contributed by atoms with Gasteiger partial charge in [-0.3, -0.25) is 4.79 Å². The number of hydrogen-bond acceptors (Lipinski definition) is 6. The number of aldehydes is 1. The quantitative estimate of drug-likeness (QED) is 0.207. The predicted molar refractivity (Wildman–Crippen MR) is 119 cm³/mol. The lowest BCUT2D eigenvalue weighted by atomic mass is 9.80. The van der Waals surface area contributed by atoms with E-state index < -0.39 is 5.60 Å². The van der Waals surface area contributed by atoms with Gasteiger partial charge in [-0.15, -0.1) is 11.3 Å². The molecule has 4 aromatic rings. The van der Waals surface area contributed by atoms with Gasteiger partial charge in [0.1, 0.15) is 5.69 Å². The fourth-order valence-electron chi connectivity index (χ4n) is 3.33. The number of thiazole rings is 1. The van der Waals surface area contributed by atoms with E-state index in [0.29, 0.717) is 17.1 Å². The normalized spacial score (nSPS) is 11.8. The van der Waals surface area contributed by atoms with Crippen LogP contribution in [0.3, 0.4) is 0 Å². The minimum atomic E-state index is -1.06. The van der Waals surface area contributed by atoms with Crippen LogP contribution in [0.15, 0.2) is 102 Å². The van der Waals surface area contributed by atoms with Crippen molar-refractivity contribution in [2.24, 2.45) is 5.16 Å². The Hall–Kier alpha value is -3.77. The molecule has 0 spiro atoms. The number of aromatic nitrogens is 1. The van der Waals surface area contributed by atoms with Crippen LogP contribution in [0.5, 0.6) is 0 Å². The van der Waals surface area contributed by atoms with Gasteiger partial charge in [-0.05, 0) is 0 Å². The number of nitrogens with two attached hydrogens (primary N) is 1. The molecule has 0 unspecified atom stereocenters. The van der Waals surface area contributed by atoms with Crippen molar-refractivity contribution in [2.45, 2.75) is 5.60 Å². The fourth-order valence-corrected chi connectivity index (χ4v) is 3.89. The number of benzene rings is 3. The van der Waals surface area contributed by atoms with Gasteiger partial charge >= 0.3 is 0 Å². The number of nitrogens with zero attached hydrogens (tertiary/aromatic N) is 2. The van der Waals surface area contributed by atoms with E-state index in [1.54, 1.807) is 5.38 Å². The van der Waals surface area contributed by atoms with Crippen LogP contribution >= 0.6 is 11.3 Å². The highest BCUT2D eigenvalue weighted by Crippen LogP contribution is 2.40. The first-order valence-electron chi connectivity index (χ1n) is 9.33. The lowest BCUT2D eigenvalue weighted by molar-refractivity contribution is -0.103. The molecule has 6 heteroatoms. The van der Waals surface area contributed by atoms with Crippen molar-refractivity contribution in [1.29, 1.82) is 0 Å². The molecule has 4 rings (SSSR count). The zero-order valence-electron chi connectivity index (χ0n) is 16.0. The van der Waals surface area contributed by atoms with Crippen LogP contribution in [-0.4, -0.2) is 17.0 Å². The molecule has 1 aromatic heterocycles. The summed E-state index contributed by atoms with van der Waals surface area (Å²) in [6, 6.07) is 29.4. The topological polar surface area (TPSA) is 77.6 Å². The molecule has 1 heterocycles. The van der Waals surface area contributed by atoms with Crippen LogP contribution in [-0.2, 0) is 15.2 Å². The zero-order chi connectivity index (χ0) is 20.8. The van der Waals surface area contributed by atoms with Crippen molar-refractivity contribution in [1.82, 2.24) is 4.98 Å². The lowest BCUT2D eigenvalue weighted by Gasteiger charge is -2.33.